The highest BCUT2D eigenvalue weighted by Crippen LogP contribution is 2.26. The highest BCUT2D eigenvalue weighted by molar-refractivity contribution is 5.85. The molecule has 2 atom stereocenters. The number of halogens is 2. The monoisotopic (exact) mass is 402 g/mol. The summed E-state index contributed by atoms with van der Waals surface area (Å²) in [7, 11) is 0. The van der Waals surface area contributed by atoms with Crippen LogP contribution in [0.1, 0.15) is 31.2 Å². The van der Waals surface area contributed by atoms with Crippen LogP contribution < -0.4 is 11.1 Å². The molecule has 7 heteroatoms. The number of hydrogen-bond acceptors (Lipinski definition) is 4. The molecule has 148 valence electrons. The van der Waals surface area contributed by atoms with Gasteiger partial charge in [-0.1, -0.05) is 37.3 Å². The second kappa shape index (κ2) is 11.1. The van der Waals surface area contributed by atoms with Crippen LogP contribution in [0.2, 0.25) is 0 Å². The third-order valence-corrected chi connectivity index (χ3v) is 5.44. The van der Waals surface area contributed by atoms with Gasteiger partial charge in [0.05, 0.1) is 6.54 Å². The van der Waals surface area contributed by atoms with E-state index in [1.165, 1.54) is 5.56 Å². The lowest BCUT2D eigenvalue weighted by molar-refractivity contribution is -0.123. The van der Waals surface area contributed by atoms with Crippen LogP contribution in [0.15, 0.2) is 30.3 Å². The van der Waals surface area contributed by atoms with Gasteiger partial charge in [-0.3, -0.25) is 9.69 Å². The Kier molecular flexibility index (Phi) is 9.90. The van der Waals surface area contributed by atoms with Crippen LogP contribution in [-0.4, -0.2) is 67.1 Å². The smallest absolute Gasteiger partial charge is 0.234 e. The minimum absolute atomic E-state index is 0. The Bertz CT molecular complexity index is 538. The third-order valence-electron chi connectivity index (χ3n) is 5.44. The average molecular weight is 403 g/mol. The number of benzene rings is 1. The van der Waals surface area contributed by atoms with E-state index in [2.05, 4.69) is 46.3 Å². The molecule has 1 aromatic rings. The molecule has 26 heavy (non-hydrogen) atoms. The molecule has 0 spiro atoms. The van der Waals surface area contributed by atoms with Gasteiger partial charge in [-0.2, -0.15) is 0 Å². The summed E-state index contributed by atoms with van der Waals surface area (Å²) in [5, 5.41) is 3.21. The Balaban J connectivity index is 0.00000169. The van der Waals surface area contributed by atoms with Gasteiger partial charge in [-0.05, 0) is 24.9 Å². The Morgan fingerprint density at radius 1 is 1.12 bits per heavy atom. The topological polar surface area (TPSA) is 61.6 Å². The first kappa shape index (κ1) is 23.2. The van der Waals surface area contributed by atoms with Crippen LogP contribution in [0.25, 0.3) is 0 Å². The zero-order valence-corrected chi connectivity index (χ0v) is 17.1. The lowest BCUT2D eigenvalue weighted by Crippen LogP contribution is -2.47. The Morgan fingerprint density at radius 2 is 1.77 bits per heavy atom. The summed E-state index contributed by atoms with van der Waals surface area (Å²) in [4.78, 5) is 17.0. The van der Waals surface area contributed by atoms with Crippen LogP contribution >= 0.6 is 24.8 Å². The number of amides is 1. The van der Waals surface area contributed by atoms with E-state index in [1.54, 1.807) is 0 Å². The fraction of sp³-hybridized carbons (Fsp3) is 0.632. The molecule has 0 saturated carbocycles. The molecule has 1 aromatic carbocycles. The molecule has 5 nitrogen and oxygen atoms in total. The molecule has 2 aliphatic heterocycles. The quantitative estimate of drug-likeness (QED) is 0.788. The van der Waals surface area contributed by atoms with Crippen molar-refractivity contribution in [3.63, 3.8) is 0 Å². The third kappa shape index (κ3) is 6.10. The van der Waals surface area contributed by atoms with Gasteiger partial charge in [-0.15, -0.1) is 24.8 Å². The highest BCUT2D eigenvalue weighted by atomic mass is 35.5. The van der Waals surface area contributed by atoms with Gasteiger partial charge in [0.1, 0.15) is 0 Å². The summed E-state index contributed by atoms with van der Waals surface area (Å²) in [6.07, 6.45) is 2.12. The lowest BCUT2D eigenvalue weighted by Gasteiger charge is -2.31. The molecule has 2 fully saturated rings. The van der Waals surface area contributed by atoms with Gasteiger partial charge < -0.3 is 16.0 Å². The van der Waals surface area contributed by atoms with Crippen molar-refractivity contribution in [1.29, 1.82) is 0 Å². The molecule has 0 aromatic heterocycles. The number of nitrogens with zero attached hydrogens (tertiary/aromatic N) is 2. The predicted octanol–water partition coefficient (Wildman–Crippen LogP) is 1.86. The predicted molar refractivity (Wildman–Crippen MR) is 111 cm³/mol. The molecule has 0 bridgehead atoms. The molecular formula is C19H32Cl2N4O. The molecule has 0 radical (unpaired) electrons. The van der Waals surface area contributed by atoms with Crippen LogP contribution in [0.3, 0.4) is 0 Å². The number of likely N-dealkylation sites (tertiary alicyclic amines) is 2. The van der Waals surface area contributed by atoms with E-state index in [0.717, 1.165) is 45.6 Å². The maximum absolute atomic E-state index is 12.4. The second-order valence-electron chi connectivity index (χ2n) is 7.15. The lowest BCUT2D eigenvalue weighted by atomic mass is 9.95. The van der Waals surface area contributed by atoms with E-state index in [1.807, 2.05) is 6.07 Å². The summed E-state index contributed by atoms with van der Waals surface area (Å²) in [6, 6.07) is 10.8. The summed E-state index contributed by atoms with van der Waals surface area (Å²) in [5.74, 6) is 0.470. The summed E-state index contributed by atoms with van der Waals surface area (Å²) in [6.45, 7) is 7.60. The maximum atomic E-state index is 12.4. The SMILES string of the molecule is CCN1CCC(NC(=O)CN2C[C@@H](N)[C@H](c3ccccc3)C2)CC1.Cl.Cl. The number of carbonyl (C=O) groups is 1. The number of hydrogen-bond donors (Lipinski definition) is 2. The van der Waals surface area contributed by atoms with Crippen molar-refractivity contribution in [1.82, 2.24) is 15.1 Å². The van der Waals surface area contributed by atoms with Crippen LogP contribution in [0, 0.1) is 0 Å². The Morgan fingerprint density at radius 3 is 2.38 bits per heavy atom. The normalized spacial score (nSPS) is 24.5. The zero-order valence-electron chi connectivity index (χ0n) is 15.5. The first-order valence-electron chi connectivity index (χ1n) is 9.20. The van der Waals surface area contributed by atoms with E-state index in [-0.39, 0.29) is 36.8 Å². The number of nitrogens with one attached hydrogen (secondary N) is 1. The molecule has 2 aliphatic rings. The van der Waals surface area contributed by atoms with Gasteiger partial charge in [0.15, 0.2) is 0 Å². The summed E-state index contributed by atoms with van der Waals surface area (Å²) >= 11 is 0. The van der Waals surface area contributed by atoms with Crippen LogP contribution in [0.4, 0.5) is 0 Å². The van der Waals surface area contributed by atoms with Gasteiger partial charge in [0.2, 0.25) is 5.91 Å². The molecule has 3 rings (SSSR count). The Labute approximate surface area is 169 Å². The summed E-state index contributed by atoms with van der Waals surface area (Å²) < 4.78 is 0. The van der Waals surface area contributed by atoms with Crippen molar-refractivity contribution in [2.45, 2.75) is 37.8 Å². The van der Waals surface area contributed by atoms with E-state index < -0.39 is 0 Å². The van der Waals surface area contributed by atoms with Crippen molar-refractivity contribution in [3.05, 3.63) is 35.9 Å². The molecule has 3 N–H and O–H groups in total. The number of piperidine rings is 1. The molecule has 2 saturated heterocycles. The number of rotatable bonds is 5. The van der Waals surface area contributed by atoms with Gasteiger partial charge >= 0.3 is 0 Å². The van der Waals surface area contributed by atoms with Crippen molar-refractivity contribution in [2.75, 3.05) is 39.3 Å². The van der Waals surface area contributed by atoms with E-state index >= 15 is 0 Å². The van der Waals surface area contributed by atoms with Gasteiger partial charge in [0.25, 0.3) is 0 Å². The van der Waals surface area contributed by atoms with E-state index in [0.29, 0.717) is 18.5 Å². The minimum atomic E-state index is 0. The second-order valence-corrected chi connectivity index (χ2v) is 7.15. The zero-order chi connectivity index (χ0) is 16.9. The van der Waals surface area contributed by atoms with Gasteiger partial charge in [-0.25, -0.2) is 0 Å². The van der Waals surface area contributed by atoms with E-state index in [4.69, 9.17) is 5.73 Å². The number of carbonyl (C=O) groups excluding carboxylic acids is 1. The average Bonchev–Trinajstić information content (AvgIpc) is 2.96. The fourth-order valence-corrected chi connectivity index (χ4v) is 3.97. The molecular weight excluding hydrogens is 371 g/mol. The standard InChI is InChI=1S/C19H30N4O.2ClH/c1-2-22-10-8-16(9-11-22)21-19(24)14-23-12-17(18(20)13-23)15-6-4-3-5-7-15;;/h3-7,16-18H,2,8-14,20H2,1H3,(H,21,24);2*1H/t17-,18+;;/m0../s1. The highest BCUT2D eigenvalue weighted by Gasteiger charge is 2.32. The fourth-order valence-electron chi connectivity index (χ4n) is 3.97. The van der Waals surface area contributed by atoms with Crippen molar-refractivity contribution in [2.24, 2.45) is 5.73 Å². The first-order valence-corrected chi connectivity index (χ1v) is 9.20. The van der Waals surface area contributed by atoms with Crippen molar-refractivity contribution >= 4 is 30.7 Å². The van der Waals surface area contributed by atoms with Crippen LogP contribution in [-0.2, 0) is 4.79 Å². The Hall–Kier alpha value is -0.850. The van der Waals surface area contributed by atoms with Crippen LogP contribution in [0.5, 0.6) is 0 Å². The first-order chi connectivity index (χ1) is 11.7. The maximum Gasteiger partial charge on any atom is 0.234 e. The molecule has 0 aliphatic carbocycles. The van der Waals surface area contributed by atoms with E-state index in [9.17, 15) is 4.79 Å². The van der Waals surface area contributed by atoms with Crippen molar-refractivity contribution in [3.8, 4) is 0 Å². The molecule has 0 unspecified atom stereocenters. The van der Waals surface area contributed by atoms with Crippen molar-refractivity contribution < 1.29 is 4.79 Å². The molecule has 1 amide bonds. The van der Waals surface area contributed by atoms with Gasteiger partial charge in [0, 0.05) is 44.2 Å². The minimum Gasteiger partial charge on any atom is -0.352 e. The number of nitrogens with two attached hydrogens (primary N) is 1. The molecule has 2 heterocycles. The largest absolute Gasteiger partial charge is 0.352 e. The summed E-state index contributed by atoms with van der Waals surface area (Å²) in [5.41, 5.74) is 7.59.